The Balaban J connectivity index is 2.31. The average Bonchev–Trinajstić information content (AvgIpc) is 2.37. The molecule has 8 nitrogen and oxygen atoms in total. The molecule has 0 atom stereocenters. The molecule has 19 heavy (non-hydrogen) atoms. The lowest BCUT2D eigenvalue weighted by atomic mass is 10.3. The van der Waals surface area contributed by atoms with Crippen LogP contribution in [0.3, 0.4) is 0 Å². The molecule has 1 fully saturated rings. The molecule has 1 aromatic rings. The number of nitrogen functional groups attached to an aromatic ring is 1. The molecule has 0 amide bonds. The number of anilines is 2. The third-order valence-electron chi connectivity index (χ3n) is 3.32. The summed E-state index contributed by atoms with van der Waals surface area (Å²) in [6.45, 7) is 6.37. The molecule has 0 aliphatic carbocycles. The number of rotatable bonds is 3. The zero-order valence-electron chi connectivity index (χ0n) is 10.6. The van der Waals surface area contributed by atoms with Crippen molar-refractivity contribution in [2.45, 2.75) is 6.92 Å². The Hall–Kier alpha value is -1.67. The van der Waals surface area contributed by atoms with Gasteiger partial charge < -0.3 is 15.5 Å². The van der Waals surface area contributed by atoms with Gasteiger partial charge in [-0.3, -0.25) is 10.1 Å². The van der Waals surface area contributed by atoms with Crippen molar-refractivity contribution in [1.82, 2.24) is 9.97 Å². The summed E-state index contributed by atoms with van der Waals surface area (Å²) < 4.78 is 0. The number of aromatic nitrogens is 2. The molecule has 104 valence electrons. The number of quaternary nitrogens is 1. The molecule has 1 saturated heterocycles. The molecule has 3 N–H and O–H groups in total. The largest absolute Gasteiger partial charge is 0.378 e. The van der Waals surface area contributed by atoms with Gasteiger partial charge in [-0.1, -0.05) is 0 Å². The summed E-state index contributed by atoms with van der Waals surface area (Å²) in [7, 11) is 0. The minimum Gasteiger partial charge on any atom is -0.378 e. The summed E-state index contributed by atoms with van der Waals surface area (Å²) >= 11 is 5.75. The lowest BCUT2D eigenvalue weighted by molar-refractivity contribution is -0.898. The summed E-state index contributed by atoms with van der Waals surface area (Å²) in [4.78, 5) is 21.5. The first kappa shape index (κ1) is 13.8. The number of nitrogens with zero attached hydrogens (tertiary/aromatic N) is 4. The van der Waals surface area contributed by atoms with E-state index in [0.29, 0.717) is 13.1 Å². The minimum atomic E-state index is -0.556. The van der Waals surface area contributed by atoms with Gasteiger partial charge in [0.25, 0.3) is 0 Å². The third-order valence-corrected chi connectivity index (χ3v) is 3.49. The van der Waals surface area contributed by atoms with Crippen LogP contribution >= 0.6 is 11.6 Å². The summed E-state index contributed by atoms with van der Waals surface area (Å²) in [5.74, 6) is 0.0305. The molecule has 9 heteroatoms. The number of nitrogens with one attached hydrogen (secondary N) is 1. The average molecular weight is 288 g/mol. The van der Waals surface area contributed by atoms with Gasteiger partial charge in [-0.05, 0) is 18.5 Å². The Morgan fingerprint density at radius 3 is 2.63 bits per heavy atom. The Morgan fingerprint density at radius 1 is 1.47 bits per heavy atom. The van der Waals surface area contributed by atoms with Gasteiger partial charge in [-0.2, -0.15) is 9.97 Å². The van der Waals surface area contributed by atoms with Crippen LogP contribution in [0.4, 0.5) is 17.3 Å². The number of likely N-dealkylation sites (N-methyl/N-ethyl adjacent to an activating group) is 1. The van der Waals surface area contributed by atoms with E-state index in [4.69, 9.17) is 17.3 Å². The first-order chi connectivity index (χ1) is 9.02. The summed E-state index contributed by atoms with van der Waals surface area (Å²) in [6, 6.07) is 0. The van der Waals surface area contributed by atoms with E-state index in [2.05, 4.69) is 16.9 Å². The molecule has 1 aromatic heterocycles. The fourth-order valence-electron chi connectivity index (χ4n) is 2.22. The van der Waals surface area contributed by atoms with Crippen molar-refractivity contribution in [2.24, 2.45) is 0 Å². The Labute approximate surface area is 115 Å². The second-order valence-corrected chi connectivity index (χ2v) is 4.74. The predicted molar refractivity (Wildman–Crippen MR) is 71.6 cm³/mol. The molecule has 1 aliphatic heterocycles. The molecular weight excluding hydrogens is 272 g/mol. The van der Waals surface area contributed by atoms with E-state index in [1.165, 1.54) is 4.90 Å². The van der Waals surface area contributed by atoms with Crippen LogP contribution in [0.1, 0.15) is 6.92 Å². The fourth-order valence-corrected chi connectivity index (χ4v) is 2.39. The topological polar surface area (TPSA) is 103 Å². The molecule has 1 aliphatic rings. The molecular formula is C10H16ClN6O2+. The van der Waals surface area contributed by atoms with Crippen LogP contribution in [0.25, 0.3) is 0 Å². The minimum absolute atomic E-state index is 0.0663. The van der Waals surface area contributed by atoms with E-state index in [0.717, 1.165) is 19.6 Å². The number of nitrogens with two attached hydrogens (primary N) is 1. The molecule has 0 bridgehead atoms. The van der Waals surface area contributed by atoms with E-state index in [-0.39, 0.29) is 22.6 Å². The zero-order chi connectivity index (χ0) is 14.0. The van der Waals surface area contributed by atoms with E-state index < -0.39 is 4.92 Å². The lowest BCUT2D eigenvalue weighted by Crippen LogP contribution is -3.14. The molecule has 0 spiro atoms. The van der Waals surface area contributed by atoms with E-state index in [9.17, 15) is 10.1 Å². The smallest absolute Gasteiger partial charge is 0.353 e. The molecule has 2 heterocycles. The van der Waals surface area contributed by atoms with Crippen LogP contribution < -0.4 is 15.5 Å². The lowest BCUT2D eigenvalue weighted by Gasteiger charge is -2.32. The van der Waals surface area contributed by atoms with E-state index in [1.807, 2.05) is 4.90 Å². The van der Waals surface area contributed by atoms with Crippen molar-refractivity contribution in [3.8, 4) is 0 Å². The predicted octanol–water partition coefficient (Wildman–Crippen LogP) is -0.655. The summed E-state index contributed by atoms with van der Waals surface area (Å²) in [5.41, 5.74) is 5.31. The van der Waals surface area contributed by atoms with Crippen LogP contribution in [0, 0.1) is 10.1 Å². The summed E-state index contributed by atoms with van der Waals surface area (Å²) in [6.07, 6.45) is 0. The Kier molecular flexibility index (Phi) is 4.01. The van der Waals surface area contributed by atoms with Gasteiger partial charge in [-0.15, -0.1) is 0 Å². The maximum atomic E-state index is 11.1. The van der Waals surface area contributed by atoms with Crippen LogP contribution in [-0.2, 0) is 0 Å². The summed E-state index contributed by atoms with van der Waals surface area (Å²) in [5, 5.41) is 11.0. The molecule has 0 radical (unpaired) electrons. The van der Waals surface area contributed by atoms with Gasteiger partial charge in [0.15, 0.2) is 0 Å². The normalized spacial score (nSPS) is 16.6. The van der Waals surface area contributed by atoms with Crippen LogP contribution in [0.15, 0.2) is 0 Å². The molecule has 0 unspecified atom stereocenters. The molecule has 0 aromatic carbocycles. The monoisotopic (exact) mass is 287 g/mol. The Bertz CT molecular complexity index is 489. The van der Waals surface area contributed by atoms with Gasteiger partial charge in [0.05, 0.1) is 37.6 Å². The van der Waals surface area contributed by atoms with Crippen LogP contribution in [-0.4, -0.2) is 47.6 Å². The van der Waals surface area contributed by atoms with Crippen LogP contribution in [0.5, 0.6) is 0 Å². The Morgan fingerprint density at radius 2 is 2.11 bits per heavy atom. The zero-order valence-corrected chi connectivity index (χ0v) is 11.4. The maximum absolute atomic E-state index is 11.1. The van der Waals surface area contributed by atoms with Gasteiger partial charge >= 0.3 is 5.69 Å². The number of hydrogen-bond acceptors (Lipinski definition) is 6. The number of piperazine rings is 1. The first-order valence-corrected chi connectivity index (χ1v) is 6.46. The van der Waals surface area contributed by atoms with Crippen molar-refractivity contribution < 1.29 is 9.82 Å². The molecule has 0 saturated carbocycles. The van der Waals surface area contributed by atoms with Gasteiger partial charge in [-0.25, -0.2) is 0 Å². The third kappa shape index (κ3) is 2.85. The standard InChI is InChI=1S/C10H15ClN6O2/c1-2-15-3-5-16(6-4-15)9-7(17(18)19)8(12)13-10(11)14-9/h2-6H2,1H3,(H2,12,13,14)/p+1. The highest BCUT2D eigenvalue weighted by Crippen LogP contribution is 2.31. The van der Waals surface area contributed by atoms with E-state index in [1.54, 1.807) is 0 Å². The number of halogens is 1. The van der Waals surface area contributed by atoms with Crippen LogP contribution in [0.2, 0.25) is 5.28 Å². The number of hydrogen-bond donors (Lipinski definition) is 2. The quantitative estimate of drug-likeness (QED) is 0.435. The van der Waals surface area contributed by atoms with Gasteiger partial charge in [0.2, 0.25) is 16.9 Å². The van der Waals surface area contributed by atoms with Crippen molar-refractivity contribution in [1.29, 1.82) is 0 Å². The highest BCUT2D eigenvalue weighted by atomic mass is 35.5. The second-order valence-electron chi connectivity index (χ2n) is 4.40. The van der Waals surface area contributed by atoms with Gasteiger partial charge in [0, 0.05) is 0 Å². The fraction of sp³-hybridized carbons (Fsp3) is 0.600. The number of nitro groups is 1. The van der Waals surface area contributed by atoms with Gasteiger partial charge in [0.1, 0.15) is 0 Å². The maximum Gasteiger partial charge on any atom is 0.353 e. The van der Waals surface area contributed by atoms with Crippen molar-refractivity contribution in [2.75, 3.05) is 43.4 Å². The van der Waals surface area contributed by atoms with Crippen molar-refractivity contribution >= 4 is 28.9 Å². The molecule has 2 rings (SSSR count). The second kappa shape index (κ2) is 5.54. The highest BCUT2D eigenvalue weighted by Gasteiger charge is 2.30. The van der Waals surface area contributed by atoms with E-state index >= 15 is 0 Å². The SMILES string of the molecule is CC[NH+]1CCN(c2nc(Cl)nc(N)c2[N+](=O)[O-])CC1. The van der Waals surface area contributed by atoms with Crippen molar-refractivity contribution in [3.63, 3.8) is 0 Å². The first-order valence-electron chi connectivity index (χ1n) is 6.08. The van der Waals surface area contributed by atoms with Crippen molar-refractivity contribution in [3.05, 3.63) is 15.4 Å². The highest BCUT2D eigenvalue weighted by molar-refractivity contribution is 6.28.